The number of rotatable bonds is 4. The van der Waals surface area contributed by atoms with E-state index in [4.69, 9.17) is 5.73 Å². The SMILES string of the molecule is CC(N)CNC(=O)CC1(O)CNC1. The van der Waals surface area contributed by atoms with Crippen molar-refractivity contribution in [3.8, 4) is 0 Å². The number of amides is 1. The summed E-state index contributed by atoms with van der Waals surface area (Å²) in [6.07, 6.45) is 0.159. The molecule has 5 nitrogen and oxygen atoms in total. The van der Waals surface area contributed by atoms with Gasteiger partial charge in [-0.05, 0) is 6.92 Å². The van der Waals surface area contributed by atoms with Crippen LogP contribution in [-0.2, 0) is 4.79 Å². The Hall–Kier alpha value is -0.650. The third-order valence-electron chi connectivity index (χ3n) is 2.02. The number of carbonyl (C=O) groups excluding carboxylic acids is 1. The number of hydrogen-bond acceptors (Lipinski definition) is 4. The highest BCUT2D eigenvalue weighted by atomic mass is 16.3. The second-order valence-corrected chi connectivity index (χ2v) is 3.79. The van der Waals surface area contributed by atoms with E-state index in [1.807, 2.05) is 6.92 Å². The van der Waals surface area contributed by atoms with E-state index in [1.54, 1.807) is 0 Å². The number of β-amino-alcohol motifs (C(OH)–C–C–N with tert-alkyl or cyclic N) is 1. The van der Waals surface area contributed by atoms with E-state index in [0.29, 0.717) is 19.6 Å². The van der Waals surface area contributed by atoms with Crippen molar-refractivity contribution in [3.63, 3.8) is 0 Å². The molecule has 5 heteroatoms. The van der Waals surface area contributed by atoms with Crippen LogP contribution >= 0.6 is 0 Å². The third-order valence-corrected chi connectivity index (χ3v) is 2.02. The molecule has 1 atom stereocenters. The predicted octanol–water partition coefficient (Wildman–Crippen LogP) is -1.83. The Morgan fingerprint density at radius 3 is 2.77 bits per heavy atom. The molecule has 0 aromatic rings. The molecule has 0 aromatic carbocycles. The Bertz CT molecular complexity index is 190. The van der Waals surface area contributed by atoms with Gasteiger partial charge in [0.25, 0.3) is 0 Å². The first-order valence-electron chi connectivity index (χ1n) is 4.47. The molecule has 0 aliphatic carbocycles. The van der Waals surface area contributed by atoms with Crippen LogP contribution in [0.15, 0.2) is 0 Å². The van der Waals surface area contributed by atoms with Crippen LogP contribution in [0.4, 0.5) is 0 Å². The smallest absolute Gasteiger partial charge is 0.223 e. The number of carbonyl (C=O) groups is 1. The van der Waals surface area contributed by atoms with Crippen molar-refractivity contribution in [2.75, 3.05) is 19.6 Å². The van der Waals surface area contributed by atoms with Gasteiger partial charge in [-0.15, -0.1) is 0 Å². The Balaban J connectivity index is 2.17. The van der Waals surface area contributed by atoms with Gasteiger partial charge >= 0.3 is 0 Å². The first kappa shape index (κ1) is 10.4. The molecule has 0 radical (unpaired) electrons. The fourth-order valence-corrected chi connectivity index (χ4v) is 1.17. The normalized spacial score (nSPS) is 21.8. The molecule has 0 saturated carbocycles. The third kappa shape index (κ3) is 3.30. The fraction of sp³-hybridized carbons (Fsp3) is 0.875. The van der Waals surface area contributed by atoms with Crippen molar-refractivity contribution < 1.29 is 9.90 Å². The van der Waals surface area contributed by atoms with Gasteiger partial charge < -0.3 is 21.5 Å². The minimum absolute atomic E-state index is 0.0434. The van der Waals surface area contributed by atoms with E-state index in [9.17, 15) is 9.90 Å². The van der Waals surface area contributed by atoms with Crippen LogP contribution in [0.1, 0.15) is 13.3 Å². The Kier molecular flexibility index (Phi) is 3.24. The summed E-state index contributed by atoms with van der Waals surface area (Å²) in [6, 6.07) is -0.0434. The van der Waals surface area contributed by atoms with Crippen LogP contribution in [0.5, 0.6) is 0 Å². The van der Waals surface area contributed by atoms with E-state index >= 15 is 0 Å². The van der Waals surface area contributed by atoms with Crippen LogP contribution < -0.4 is 16.4 Å². The molecule has 0 spiro atoms. The Morgan fingerprint density at radius 2 is 2.38 bits per heavy atom. The summed E-state index contributed by atoms with van der Waals surface area (Å²) in [5.41, 5.74) is 4.63. The van der Waals surface area contributed by atoms with E-state index in [0.717, 1.165) is 0 Å². The van der Waals surface area contributed by atoms with Crippen molar-refractivity contribution in [2.45, 2.75) is 25.0 Å². The summed E-state index contributed by atoms with van der Waals surface area (Å²) in [4.78, 5) is 11.2. The standard InChI is InChI=1S/C8H17N3O2/c1-6(9)3-11-7(12)2-8(13)4-10-5-8/h6,10,13H,2-5,9H2,1H3,(H,11,12). The summed E-state index contributed by atoms with van der Waals surface area (Å²) in [6.45, 7) is 3.28. The van der Waals surface area contributed by atoms with Gasteiger partial charge in [-0.25, -0.2) is 0 Å². The maximum absolute atomic E-state index is 11.2. The van der Waals surface area contributed by atoms with Crippen LogP contribution in [-0.4, -0.2) is 42.3 Å². The van der Waals surface area contributed by atoms with Crippen LogP contribution in [0.25, 0.3) is 0 Å². The highest BCUT2D eigenvalue weighted by molar-refractivity contribution is 5.77. The molecule has 1 saturated heterocycles. The molecule has 1 heterocycles. The maximum Gasteiger partial charge on any atom is 0.223 e. The van der Waals surface area contributed by atoms with Crippen molar-refractivity contribution in [2.24, 2.45) is 5.73 Å². The largest absolute Gasteiger partial charge is 0.387 e. The highest BCUT2D eigenvalue weighted by Crippen LogP contribution is 2.14. The predicted molar refractivity (Wildman–Crippen MR) is 49.1 cm³/mol. The molecule has 1 unspecified atom stereocenters. The number of hydrogen-bond donors (Lipinski definition) is 4. The van der Waals surface area contributed by atoms with E-state index in [2.05, 4.69) is 10.6 Å². The second-order valence-electron chi connectivity index (χ2n) is 3.79. The summed E-state index contributed by atoms with van der Waals surface area (Å²) < 4.78 is 0. The van der Waals surface area contributed by atoms with Gasteiger partial charge in [0.05, 0.1) is 12.0 Å². The molecule has 76 valence electrons. The van der Waals surface area contributed by atoms with Crippen molar-refractivity contribution in [1.29, 1.82) is 0 Å². The van der Waals surface area contributed by atoms with Crippen LogP contribution in [0, 0.1) is 0 Å². The molecule has 5 N–H and O–H groups in total. The van der Waals surface area contributed by atoms with Gasteiger partial charge in [-0.3, -0.25) is 4.79 Å². The molecular weight excluding hydrogens is 170 g/mol. The molecule has 1 aliphatic rings. The average molecular weight is 187 g/mol. The minimum atomic E-state index is -0.831. The highest BCUT2D eigenvalue weighted by Gasteiger charge is 2.36. The summed E-state index contributed by atoms with van der Waals surface area (Å²) >= 11 is 0. The molecular formula is C8H17N3O2. The van der Waals surface area contributed by atoms with Crippen molar-refractivity contribution >= 4 is 5.91 Å². The van der Waals surface area contributed by atoms with E-state index in [1.165, 1.54) is 0 Å². The molecule has 1 amide bonds. The van der Waals surface area contributed by atoms with Crippen LogP contribution in [0.3, 0.4) is 0 Å². The van der Waals surface area contributed by atoms with Crippen molar-refractivity contribution in [1.82, 2.24) is 10.6 Å². The Morgan fingerprint density at radius 1 is 1.77 bits per heavy atom. The molecule has 1 rings (SSSR count). The van der Waals surface area contributed by atoms with E-state index < -0.39 is 5.60 Å². The lowest BCUT2D eigenvalue weighted by Gasteiger charge is -2.36. The zero-order valence-corrected chi connectivity index (χ0v) is 7.84. The van der Waals surface area contributed by atoms with Gasteiger partial charge in [0.2, 0.25) is 5.91 Å². The monoisotopic (exact) mass is 187 g/mol. The summed E-state index contributed by atoms with van der Waals surface area (Å²) in [7, 11) is 0. The molecule has 1 fully saturated rings. The van der Waals surface area contributed by atoms with Crippen LogP contribution in [0.2, 0.25) is 0 Å². The first-order valence-corrected chi connectivity index (χ1v) is 4.47. The lowest BCUT2D eigenvalue weighted by Crippen LogP contribution is -2.61. The lowest BCUT2D eigenvalue weighted by atomic mass is 9.93. The van der Waals surface area contributed by atoms with Gasteiger partial charge in [-0.1, -0.05) is 0 Å². The number of nitrogens with two attached hydrogens (primary N) is 1. The molecule has 13 heavy (non-hydrogen) atoms. The topological polar surface area (TPSA) is 87.4 Å². The van der Waals surface area contributed by atoms with Gasteiger partial charge in [0, 0.05) is 25.7 Å². The number of aliphatic hydroxyl groups is 1. The minimum Gasteiger partial charge on any atom is -0.387 e. The first-order chi connectivity index (χ1) is 6.02. The summed E-state index contributed by atoms with van der Waals surface area (Å²) in [5, 5.41) is 15.2. The fourth-order valence-electron chi connectivity index (χ4n) is 1.17. The second kappa shape index (κ2) is 4.04. The molecule has 0 aromatic heterocycles. The lowest BCUT2D eigenvalue weighted by molar-refractivity contribution is -0.128. The van der Waals surface area contributed by atoms with Gasteiger partial charge in [-0.2, -0.15) is 0 Å². The van der Waals surface area contributed by atoms with Gasteiger partial charge in [0.1, 0.15) is 0 Å². The molecule has 1 aliphatic heterocycles. The quantitative estimate of drug-likeness (QED) is 0.417. The summed E-state index contributed by atoms with van der Waals surface area (Å²) in [5.74, 6) is -0.138. The van der Waals surface area contributed by atoms with Gasteiger partial charge in [0.15, 0.2) is 0 Å². The Labute approximate surface area is 77.7 Å². The zero-order chi connectivity index (χ0) is 9.90. The maximum atomic E-state index is 11.2. The molecule has 0 bridgehead atoms. The number of nitrogens with one attached hydrogen (secondary N) is 2. The average Bonchev–Trinajstić information content (AvgIpc) is 1.98. The van der Waals surface area contributed by atoms with Crippen molar-refractivity contribution in [3.05, 3.63) is 0 Å². The van der Waals surface area contributed by atoms with E-state index in [-0.39, 0.29) is 18.4 Å². The zero-order valence-electron chi connectivity index (χ0n) is 7.84.